The van der Waals surface area contributed by atoms with Gasteiger partial charge in [0.25, 0.3) is 0 Å². The van der Waals surface area contributed by atoms with Gasteiger partial charge in [0.2, 0.25) is 11.9 Å². The molecule has 0 aliphatic carbocycles. The Balaban J connectivity index is 0.00000121. The average molecular weight is 309 g/mol. The van der Waals surface area contributed by atoms with E-state index >= 15 is 0 Å². The van der Waals surface area contributed by atoms with Crippen molar-refractivity contribution >= 4 is 82.4 Å². The third-order valence-electron chi connectivity index (χ3n) is 2.63. The van der Waals surface area contributed by atoms with Crippen LogP contribution in [0.5, 0.6) is 0 Å². The fourth-order valence-electron chi connectivity index (χ4n) is 1.72. The van der Waals surface area contributed by atoms with Crippen LogP contribution in [0, 0.1) is 0 Å². The number of hydrogen-bond donors (Lipinski definition) is 2. The maximum atomic E-state index is 4.32. The third-order valence-corrected chi connectivity index (χ3v) is 2.63. The van der Waals surface area contributed by atoms with Crippen LogP contribution < -0.4 is 10.6 Å². The molecule has 0 aliphatic rings. The maximum Gasteiger partial charge on any atom is 0.232 e. The first-order valence-electron chi connectivity index (χ1n) is 6.23. The van der Waals surface area contributed by atoms with E-state index in [0.717, 1.165) is 11.4 Å². The zero-order valence-corrected chi connectivity index (χ0v) is 16.7. The van der Waals surface area contributed by atoms with Gasteiger partial charge in [-0.2, -0.15) is 4.98 Å². The van der Waals surface area contributed by atoms with Crippen LogP contribution in [0.3, 0.4) is 0 Å². The minimum atomic E-state index is 0. The number of nitrogens with one attached hydrogen (secondary N) is 2. The van der Waals surface area contributed by atoms with Crippen molar-refractivity contribution in [1.82, 2.24) is 15.0 Å². The number of aromatic nitrogens is 3. The molecule has 7 heteroatoms. The molecule has 22 heavy (non-hydrogen) atoms. The quantitative estimate of drug-likeness (QED) is 0.725. The molecule has 1 aromatic heterocycles. The Bertz CT molecular complexity index is 623. The molecule has 2 N–H and O–H groups in total. The van der Waals surface area contributed by atoms with Gasteiger partial charge >= 0.3 is 0 Å². The fraction of sp³-hybridized carbons (Fsp3) is 0. The van der Waals surface area contributed by atoms with Crippen LogP contribution >= 0.6 is 0 Å². The summed E-state index contributed by atoms with van der Waals surface area (Å²) in [6, 6.07) is 19.5. The summed E-state index contributed by atoms with van der Waals surface area (Å²) >= 11 is 0. The number of rotatable bonds is 4. The Hall–Kier alpha value is -0.950. The van der Waals surface area contributed by atoms with Crippen molar-refractivity contribution in [2.24, 2.45) is 0 Å². The standard InChI is InChI=1S/C15H13N5.2Na/c1-3-7-12(8-4-1)18-14-16-11-17-15(20-14)19-13-9-5-2-6-10-13;;/h1-11H,(H2,16,17,18,19,20);;. The molecule has 3 rings (SSSR count). The molecule has 0 saturated heterocycles. The van der Waals surface area contributed by atoms with Crippen LogP contribution in [0.25, 0.3) is 0 Å². The number of anilines is 4. The van der Waals surface area contributed by atoms with Gasteiger partial charge < -0.3 is 10.6 Å². The van der Waals surface area contributed by atoms with Gasteiger partial charge in [-0.05, 0) is 24.3 Å². The van der Waals surface area contributed by atoms with E-state index < -0.39 is 0 Å². The summed E-state index contributed by atoms with van der Waals surface area (Å²) in [5, 5.41) is 6.26. The van der Waals surface area contributed by atoms with Crippen LogP contribution in [-0.2, 0) is 0 Å². The summed E-state index contributed by atoms with van der Waals surface area (Å²) < 4.78 is 0. The molecule has 0 aliphatic heterocycles. The van der Waals surface area contributed by atoms with E-state index in [1.807, 2.05) is 60.7 Å². The summed E-state index contributed by atoms with van der Waals surface area (Å²) in [6.45, 7) is 0. The molecular weight excluding hydrogens is 296 g/mol. The molecule has 3 aromatic rings. The van der Waals surface area contributed by atoms with E-state index in [1.165, 1.54) is 6.33 Å². The molecule has 1 heterocycles. The second kappa shape index (κ2) is 9.94. The van der Waals surface area contributed by atoms with Gasteiger partial charge in [0.1, 0.15) is 6.33 Å². The molecule has 0 unspecified atom stereocenters. The van der Waals surface area contributed by atoms with Crippen LogP contribution in [0.4, 0.5) is 23.3 Å². The van der Waals surface area contributed by atoms with Crippen LogP contribution in [0.2, 0.25) is 0 Å². The SMILES string of the molecule is [Na].[Na].c1ccc(Nc2ncnc(Nc3ccccc3)n2)cc1. The normalized spacial score (nSPS) is 9.09. The first kappa shape index (κ1) is 19.1. The molecule has 0 amide bonds. The Morgan fingerprint density at radius 3 is 1.41 bits per heavy atom. The predicted molar refractivity (Wildman–Crippen MR) is 90.8 cm³/mol. The van der Waals surface area contributed by atoms with E-state index in [9.17, 15) is 0 Å². The number of para-hydroxylation sites is 2. The maximum absolute atomic E-state index is 4.32. The topological polar surface area (TPSA) is 62.7 Å². The van der Waals surface area contributed by atoms with Gasteiger partial charge in [0.05, 0.1) is 0 Å². The van der Waals surface area contributed by atoms with Crippen LogP contribution in [-0.4, -0.2) is 74.1 Å². The van der Waals surface area contributed by atoms with E-state index in [2.05, 4.69) is 25.6 Å². The number of benzene rings is 2. The van der Waals surface area contributed by atoms with Crippen LogP contribution in [0.1, 0.15) is 0 Å². The summed E-state index contributed by atoms with van der Waals surface area (Å²) in [7, 11) is 0. The third kappa shape index (κ3) is 5.68. The smallest absolute Gasteiger partial charge is 0.232 e. The minimum Gasteiger partial charge on any atom is -0.324 e. The predicted octanol–water partition coefficient (Wildman–Crippen LogP) is 2.60. The second-order valence-electron chi connectivity index (χ2n) is 4.11. The van der Waals surface area contributed by atoms with Crippen molar-refractivity contribution in [2.75, 3.05) is 10.6 Å². The Kier molecular flexibility index (Phi) is 8.63. The van der Waals surface area contributed by atoms with Gasteiger partial charge in [0.15, 0.2) is 0 Å². The van der Waals surface area contributed by atoms with Gasteiger partial charge in [-0.3, -0.25) is 0 Å². The van der Waals surface area contributed by atoms with E-state index in [1.54, 1.807) is 0 Å². The minimum absolute atomic E-state index is 0. The number of nitrogens with zero attached hydrogens (tertiary/aromatic N) is 3. The van der Waals surface area contributed by atoms with Gasteiger partial charge in [0, 0.05) is 70.5 Å². The molecule has 0 atom stereocenters. The van der Waals surface area contributed by atoms with E-state index in [0.29, 0.717) is 11.9 Å². The summed E-state index contributed by atoms with van der Waals surface area (Å²) in [5.74, 6) is 1.01. The van der Waals surface area contributed by atoms with Crippen molar-refractivity contribution in [1.29, 1.82) is 0 Å². The zero-order valence-electron chi connectivity index (χ0n) is 12.7. The molecule has 0 bridgehead atoms. The summed E-state index contributed by atoms with van der Waals surface area (Å²) in [5.41, 5.74) is 1.87. The molecule has 2 radical (unpaired) electrons. The van der Waals surface area contributed by atoms with Crippen molar-refractivity contribution in [2.45, 2.75) is 0 Å². The van der Waals surface area contributed by atoms with Gasteiger partial charge in [-0.1, -0.05) is 36.4 Å². The van der Waals surface area contributed by atoms with Gasteiger partial charge in [-0.15, -0.1) is 0 Å². The fourth-order valence-corrected chi connectivity index (χ4v) is 1.72. The molecule has 100 valence electrons. The molecule has 0 saturated carbocycles. The molecule has 0 spiro atoms. The van der Waals surface area contributed by atoms with Crippen molar-refractivity contribution in [3.05, 3.63) is 67.0 Å². The average Bonchev–Trinajstić information content (AvgIpc) is 2.50. The zero-order chi connectivity index (χ0) is 13.6. The van der Waals surface area contributed by atoms with Gasteiger partial charge in [-0.25, -0.2) is 9.97 Å². The second-order valence-corrected chi connectivity index (χ2v) is 4.11. The van der Waals surface area contributed by atoms with E-state index in [4.69, 9.17) is 0 Å². The Labute approximate surface area is 173 Å². The van der Waals surface area contributed by atoms with Crippen molar-refractivity contribution in [3.8, 4) is 0 Å². The first-order valence-corrected chi connectivity index (χ1v) is 6.23. The Morgan fingerprint density at radius 2 is 1.00 bits per heavy atom. The Morgan fingerprint density at radius 1 is 0.591 bits per heavy atom. The number of hydrogen-bond acceptors (Lipinski definition) is 5. The van der Waals surface area contributed by atoms with Crippen molar-refractivity contribution < 1.29 is 0 Å². The molecular formula is C15H13N5Na2. The van der Waals surface area contributed by atoms with E-state index in [-0.39, 0.29) is 59.1 Å². The molecule has 0 fully saturated rings. The largest absolute Gasteiger partial charge is 0.324 e. The first-order chi connectivity index (χ1) is 9.90. The summed E-state index contributed by atoms with van der Waals surface area (Å²) in [6.07, 6.45) is 1.48. The monoisotopic (exact) mass is 309 g/mol. The molecule has 2 aromatic carbocycles. The summed E-state index contributed by atoms with van der Waals surface area (Å²) in [4.78, 5) is 12.5. The van der Waals surface area contributed by atoms with Crippen molar-refractivity contribution in [3.63, 3.8) is 0 Å². The van der Waals surface area contributed by atoms with Crippen LogP contribution in [0.15, 0.2) is 67.0 Å². The molecule has 5 nitrogen and oxygen atoms in total.